The predicted octanol–water partition coefficient (Wildman–Crippen LogP) is 0.487. The molecule has 170 valence electrons. The average Bonchev–Trinajstić information content (AvgIpc) is 3.52. The molecule has 3 heterocycles. The minimum Gasteiger partial charge on any atom is -0.491 e. The van der Waals surface area contributed by atoms with Crippen LogP contribution in [0, 0.1) is 0 Å². The number of benzene rings is 1. The van der Waals surface area contributed by atoms with E-state index in [-0.39, 0.29) is 23.9 Å². The maximum absolute atomic E-state index is 13.2. The molecular weight excluding hydrogens is 438 g/mol. The van der Waals surface area contributed by atoms with Crippen molar-refractivity contribution in [2.75, 3.05) is 26.9 Å². The van der Waals surface area contributed by atoms with Gasteiger partial charge in [-0.15, -0.1) is 0 Å². The predicted molar refractivity (Wildman–Crippen MR) is 111 cm³/mol. The number of carbonyl (C=O) groups excluding carboxylic acids is 1. The number of aromatic nitrogens is 4. The molecule has 0 unspecified atom stereocenters. The molecule has 0 spiro atoms. The van der Waals surface area contributed by atoms with Crippen LogP contribution in [-0.4, -0.2) is 70.6 Å². The van der Waals surface area contributed by atoms with Crippen molar-refractivity contribution in [3.63, 3.8) is 0 Å². The Bertz CT molecular complexity index is 1170. The van der Waals surface area contributed by atoms with Crippen molar-refractivity contribution in [3.8, 4) is 5.75 Å². The standard InChI is InChI=1S/C20H23N5O6S/c1-30-6-7-31-19-5-3-2-4-16(19)17(13-26)20(27)24-10-14-11-25(23-18(14)12-24)32(28,29)15-8-21-22-9-15/h2-5,8-9,11,17,26H,6-7,10,12-13H2,1H3,(H,21,22)/t17-/m1/s1. The number of hydrogen-bond acceptors (Lipinski definition) is 8. The normalized spacial score (nSPS) is 14.4. The highest BCUT2D eigenvalue weighted by molar-refractivity contribution is 7.89. The summed E-state index contributed by atoms with van der Waals surface area (Å²) < 4.78 is 36.8. The smallest absolute Gasteiger partial charge is 0.286 e. The number of H-pyrrole nitrogens is 1. The van der Waals surface area contributed by atoms with Crippen molar-refractivity contribution >= 4 is 15.9 Å². The molecule has 0 fully saturated rings. The van der Waals surface area contributed by atoms with E-state index in [4.69, 9.17) is 9.47 Å². The summed E-state index contributed by atoms with van der Waals surface area (Å²) in [7, 11) is -2.28. The van der Waals surface area contributed by atoms with E-state index < -0.39 is 22.5 Å². The Morgan fingerprint density at radius 2 is 2.09 bits per heavy atom. The first-order chi connectivity index (χ1) is 15.5. The van der Waals surface area contributed by atoms with Crippen LogP contribution in [0.15, 0.2) is 47.8 Å². The lowest BCUT2D eigenvalue weighted by molar-refractivity contribution is -0.134. The Morgan fingerprint density at radius 3 is 2.78 bits per heavy atom. The van der Waals surface area contributed by atoms with Gasteiger partial charge in [0.2, 0.25) is 5.91 Å². The van der Waals surface area contributed by atoms with Crippen LogP contribution in [0.3, 0.4) is 0 Å². The number of aromatic amines is 1. The Labute approximate surface area is 184 Å². The number of para-hydroxylation sites is 1. The Kier molecular flexibility index (Phi) is 6.26. The van der Waals surface area contributed by atoms with E-state index in [1.165, 1.54) is 18.6 Å². The van der Waals surface area contributed by atoms with Gasteiger partial charge in [0.1, 0.15) is 17.3 Å². The molecule has 0 bridgehead atoms. The summed E-state index contributed by atoms with van der Waals surface area (Å²) in [4.78, 5) is 14.8. The van der Waals surface area contributed by atoms with E-state index in [0.29, 0.717) is 35.8 Å². The minimum atomic E-state index is -3.85. The zero-order valence-electron chi connectivity index (χ0n) is 17.3. The monoisotopic (exact) mass is 461 g/mol. The summed E-state index contributed by atoms with van der Waals surface area (Å²) in [6.07, 6.45) is 3.88. The van der Waals surface area contributed by atoms with Gasteiger partial charge in [-0.3, -0.25) is 9.89 Å². The molecular formula is C20H23N5O6S. The van der Waals surface area contributed by atoms with Gasteiger partial charge in [0.15, 0.2) is 0 Å². The van der Waals surface area contributed by atoms with Crippen LogP contribution in [-0.2, 0) is 32.6 Å². The van der Waals surface area contributed by atoms with Gasteiger partial charge in [-0.05, 0) is 6.07 Å². The second-order valence-electron chi connectivity index (χ2n) is 7.22. The fraction of sp³-hybridized carbons (Fsp3) is 0.350. The van der Waals surface area contributed by atoms with Crippen molar-refractivity contribution in [1.29, 1.82) is 0 Å². The van der Waals surface area contributed by atoms with Crippen LogP contribution < -0.4 is 4.74 Å². The lowest BCUT2D eigenvalue weighted by atomic mass is 9.97. The number of hydrogen-bond donors (Lipinski definition) is 2. The largest absolute Gasteiger partial charge is 0.491 e. The van der Waals surface area contributed by atoms with E-state index in [1.807, 2.05) is 0 Å². The number of aliphatic hydroxyl groups is 1. The highest BCUT2D eigenvalue weighted by Crippen LogP contribution is 2.31. The number of aliphatic hydroxyl groups excluding tert-OH is 1. The van der Waals surface area contributed by atoms with Crippen LogP contribution >= 0.6 is 0 Å². The zero-order valence-corrected chi connectivity index (χ0v) is 18.2. The number of amides is 1. The number of rotatable bonds is 9. The van der Waals surface area contributed by atoms with E-state index in [1.54, 1.807) is 36.3 Å². The molecule has 32 heavy (non-hydrogen) atoms. The van der Waals surface area contributed by atoms with Crippen LogP contribution in [0.25, 0.3) is 0 Å². The molecule has 1 aliphatic heterocycles. The van der Waals surface area contributed by atoms with Gasteiger partial charge in [-0.1, -0.05) is 18.2 Å². The van der Waals surface area contributed by atoms with Gasteiger partial charge in [0.05, 0.1) is 37.6 Å². The van der Waals surface area contributed by atoms with Crippen molar-refractivity contribution < 1.29 is 27.8 Å². The number of ether oxygens (including phenoxy) is 2. The molecule has 12 heteroatoms. The lowest BCUT2D eigenvalue weighted by Gasteiger charge is -2.24. The maximum atomic E-state index is 13.2. The molecule has 1 aromatic carbocycles. The van der Waals surface area contributed by atoms with Crippen LogP contribution in [0.1, 0.15) is 22.7 Å². The topological polar surface area (TPSA) is 140 Å². The first-order valence-corrected chi connectivity index (χ1v) is 11.3. The molecule has 3 aromatic rings. The van der Waals surface area contributed by atoms with Crippen molar-refractivity contribution in [1.82, 2.24) is 24.3 Å². The SMILES string of the molecule is COCCOc1ccccc1[C@@H](CO)C(=O)N1Cc2cn(S(=O)(=O)c3cn[nH]c3)nc2C1. The van der Waals surface area contributed by atoms with Crippen molar-refractivity contribution in [3.05, 3.63) is 59.7 Å². The molecule has 0 saturated carbocycles. The third-order valence-corrected chi connectivity index (χ3v) is 6.71. The molecule has 2 N–H and O–H groups in total. The van der Waals surface area contributed by atoms with E-state index >= 15 is 0 Å². The highest BCUT2D eigenvalue weighted by atomic mass is 32.2. The average molecular weight is 462 g/mol. The highest BCUT2D eigenvalue weighted by Gasteiger charge is 2.34. The summed E-state index contributed by atoms with van der Waals surface area (Å²) in [5, 5.41) is 20.3. The Hall–Kier alpha value is -3.22. The number of nitrogens with zero attached hydrogens (tertiary/aromatic N) is 4. The summed E-state index contributed by atoms with van der Waals surface area (Å²) >= 11 is 0. The van der Waals surface area contributed by atoms with Crippen molar-refractivity contribution in [2.24, 2.45) is 0 Å². The first kappa shape index (κ1) is 22.0. The van der Waals surface area contributed by atoms with E-state index in [9.17, 15) is 18.3 Å². The van der Waals surface area contributed by atoms with Gasteiger partial charge in [-0.2, -0.15) is 22.7 Å². The van der Waals surface area contributed by atoms with Gasteiger partial charge >= 0.3 is 0 Å². The number of fused-ring (bicyclic) bond motifs is 1. The Balaban J connectivity index is 1.51. The summed E-state index contributed by atoms with van der Waals surface area (Å²) in [5.74, 6) is -0.609. The summed E-state index contributed by atoms with van der Waals surface area (Å²) in [6.45, 7) is 0.647. The molecule has 0 aliphatic carbocycles. The van der Waals surface area contributed by atoms with Crippen LogP contribution in [0.5, 0.6) is 5.75 Å². The lowest BCUT2D eigenvalue weighted by Crippen LogP contribution is -2.33. The number of nitrogens with one attached hydrogen (secondary N) is 1. The molecule has 1 atom stereocenters. The molecule has 1 aliphatic rings. The molecule has 0 radical (unpaired) electrons. The Morgan fingerprint density at radius 1 is 1.28 bits per heavy atom. The minimum absolute atomic E-state index is 0.00275. The van der Waals surface area contributed by atoms with Gasteiger partial charge in [-0.25, -0.2) is 0 Å². The quantitative estimate of drug-likeness (QED) is 0.439. The zero-order chi connectivity index (χ0) is 22.7. The third-order valence-electron chi connectivity index (χ3n) is 5.21. The molecule has 1 amide bonds. The van der Waals surface area contributed by atoms with E-state index in [2.05, 4.69) is 15.3 Å². The van der Waals surface area contributed by atoms with Gasteiger partial charge in [0.25, 0.3) is 10.0 Å². The van der Waals surface area contributed by atoms with Crippen LogP contribution in [0.2, 0.25) is 0 Å². The fourth-order valence-electron chi connectivity index (χ4n) is 3.56. The number of methoxy groups -OCH3 is 1. The van der Waals surface area contributed by atoms with Gasteiger partial charge < -0.3 is 19.5 Å². The number of carbonyl (C=O) groups is 1. The molecule has 0 saturated heterocycles. The van der Waals surface area contributed by atoms with Crippen LogP contribution in [0.4, 0.5) is 0 Å². The maximum Gasteiger partial charge on any atom is 0.286 e. The summed E-state index contributed by atoms with van der Waals surface area (Å²) in [5.41, 5.74) is 1.70. The molecule has 2 aromatic heterocycles. The first-order valence-electron chi connectivity index (χ1n) is 9.87. The molecule has 4 rings (SSSR count). The van der Waals surface area contributed by atoms with E-state index in [0.717, 1.165) is 4.09 Å². The second kappa shape index (κ2) is 9.10. The fourth-order valence-corrected chi connectivity index (χ4v) is 4.63. The second-order valence-corrected chi connectivity index (χ2v) is 9.02. The molecule has 11 nitrogen and oxygen atoms in total. The third kappa shape index (κ3) is 4.11. The summed E-state index contributed by atoms with van der Waals surface area (Å²) in [6, 6.07) is 7.05. The van der Waals surface area contributed by atoms with Crippen molar-refractivity contribution in [2.45, 2.75) is 23.9 Å². The van der Waals surface area contributed by atoms with Gasteiger partial charge in [0, 0.05) is 37.2 Å².